The number of nitrogens with two attached hydrogens (primary N) is 2. The average Bonchev–Trinajstić information content (AvgIpc) is 3.46. The van der Waals surface area contributed by atoms with Crippen LogP contribution in [0.5, 0.6) is 0 Å². The number of hydrazine groups is 1. The van der Waals surface area contributed by atoms with E-state index in [4.69, 9.17) is 11.6 Å². The maximum atomic E-state index is 11.7. The molecule has 0 radical (unpaired) electrons. The van der Waals surface area contributed by atoms with E-state index in [2.05, 4.69) is 20.3 Å². The van der Waals surface area contributed by atoms with E-state index >= 15 is 0 Å². The molecular weight excluding hydrogens is 334 g/mol. The van der Waals surface area contributed by atoms with Crippen LogP contribution >= 0.6 is 0 Å². The second-order valence-electron chi connectivity index (χ2n) is 6.32. The Morgan fingerprint density at radius 3 is 2.88 bits per heavy atom. The third kappa shape index (κ3) is 3.94. The molecule has 0 aliphatic heterocycles. The summed E-state index contributed by atoms with van der Waals surface area (Å²) in [6.45, 7) is 1.79. The third-order valence-corrected chi connectivity index (χ3v) is 4.21. The highest BCUT2D eigenvalue weighted by atomic mass is 16.1. The van der Waals surface area contributed by atoms with Gasteiger partial charge in [-0.1, -0.05) is 0 Å². The van der Waals surface area contributed by atoms with Gasteiger partial charge in [-0.3, -0.25) is 14.8 Å². The van der Waals surface area contributed by atoms with Gasteiger partial charge in [0.1, 0.15) is 6.29 Å². The van der Waals surface area contributed by atoms with Gasteiger partial charge in [0.05, 0.1) is 12.2 Å². The van der Waals surface area contributed by atoms with Gasteiger partial charge in [-0.05, 0) is 31.9 Å². The number of pyridine rings is 1. The predicted octanol–water partition coefficient (Wildman–Crippen LogP) is 1.25. The van der Waals surface area contributed by atoms with Crippen molar-refractivity contribution >= 4 is 29.5 Å². The maximum Gasteiger partial charge on any atom is 0.271 e. The van der Waals surface area contributed by atoms with Crippen molar-refractivity contribution in [2.75, 3.05) is 10.3 Å². The van der Waals surface area contributed by atoms with E-state index < -0.39 is 5.91 Å². The van der Waals surface area contributed by atoms with Crippen LogP contribution in [0.2, 0.25) is 0 Å². The number of aldehydes is 1. The van der Waals surface area contributed by atoms with Crippen molar-refractivity contribution in [3.8, 4) is 0 Å². The monoisotopic (exact) mass is 355 g/mol. The highest BCUT2D eigenvalue weighted by Gasteiger charge is 2.25. The second-order valence-corrected chi connectivity index (χ2v) is 6.32. The van der Waals surface area contributed by atoms with Crippen molar-refractivity contribution < 1.29 is 9.59 Å². The Labute approximate surface area is 150 Å². The Morgan fingerprint density at radius 1 is 1.46 bits per heavy atom. The molecule has 3 rings (SSSR count). The van der Waals surface area contributed by atoms with E-state index in [0.29, 0.717) is 11.7 Å². The molecule has 1 saturated carbocycles. The van der Waals surface area contributed by atoms with E-state index in [-0.39, 0.29) is 24.0 Å². The Kier molecular flexibility index (Phi) is 5.08. The van der Waals surface area contributed by atoms with E-state index in [9.17, 15) is 9.59 Å². The first-order valence-electron chi connectivity index (χ1n) is 8.37. The van der Waals surface area contributed by atoms with Gasteiger partial charge in [0, 0.05) is 29.9 Å². The number of carbonyl (C=O) groups excluding carboxylic acids is 2. The molecule has 1 aliphatic rings. The summed E-state index contributed by atoms with van der Waals surface area (Å²) in [5.41, 5.74) is 7.15. The summed E-state index contributed by atoms with van der Waals surface area (Å²) in [7, 11) is 0. The number of rotatable bonds is 8. The molecule has 0 bridgehead atoms. The molecule has 0 spiro atoms. The third-order valence-electron chi connectivity index (χ3n) is 4.21. The lowest BCUT2D eigenvalue weighted by Crippen LogP contribution is -2.40. The zero-order valence-corrected chi connectivity index (χ0v) is 14.4. The first-order chi connectivity index (χ1) is 12.5. The van der Waals surface area contributed by atoms with Gasteiger partial charge < -0.3 is 15.8 Å². The number of anilines is 3. The van der Waals surface area contributed by atoms with Crippen LogP contribution in [0.1, 0.15) is 48.3 Å². The van der Waals surface area contributed by atoms with Gasteiger partial charge in [-0.25, -0.2) is 15.8 Å². The zero-order chi connectivity index (χ0) is 18.7. The first kappa shape index (κ1) is 17.7. The quantitative estimate of drug-likeness (QED) is 0.365. The molecule has 1 fully saturated rings. The molecular formula is C17H21N7O2. The molecule has 0 aromatic carbocycles. The van der Waals surface area contributed by atoms with Crippen molar-refractivity contribution in [3.05, 3.63) is 35.9 Å². The lowest BCUT2D eigenvalue weighted by Gasteiger charge is -2.24. The van der Waals surface area contributed by atoms with Gasteiger partial charge in [-0.2, -0.15) is 0 Å². The minimum absolute atomic E-state index is 0.00924. The largest absolute Gasteiger partial charge is 0.364 e. The molecule has 1 unspecified atom stereocenters. The number of nitrogens with zero attached hydrogens (tertiary/aromatic N) is 4. The molecule has 2 aromatic heterocycles. The normalized spacial score (nSPS) is 14.5. The Balaban J connectivity index is 1.90. The van der Waals surface area contributed by atoms with E-state index in [1.165, 1.54) is 11.2 Å². The SMILES string of the molecule is CC(CC=O)N(N)c1cnc(C(N)=O)c(Nc2ccnc(C3CC3)c2)n1. The van der Waals surface area contributed by atoms with Crippen LogP contribution in [0.4, 0.5) is 17.3 Å². The smallest absolute Gasteiger partial charge is 0.271 e. The average molecular weight is 355 g/mol. The van der Waals surface area contributed by atoms with Crippen LogP contribution in [-0.2, 0) is 4.79 Å². The summed E-state index contributed by atoms with van der Waals surface area (Å²) in [5.74, 6) is 6.32. The van der Waals surface area contributed by atoms with Gasteiger partial charge in [-0.15, -0.1) is 0 Å². The molecule has 2 aromatic rings. The highest BCUT2D eigenvalue weighted by molar-refractivity contribution is 5.96. The number of primary amides is 1. The molecule has 26 heavy (non-hydrogen) atoms. The van der Waals surface area contributed by atoms with Gasteiger partial charge in [0.25, 0.3) is 5.91 Å². The fourth-order valence-corrected chi connectivity index (χ4v) is 2.52. The summed E-state index contributed by atoms with van der Waals surface area (Å²) in [6, 6.07) is 3.43. The number of carbonyl (C=O) groups is 2. The molecule has 1 amide bonds. The molecule has 1 atom stereocenters. The second kappa shape index (κ2) is 7.44. The minimum atomic E-state index is -0.701. The zero-order valence-electron chi connectivity index (χ0n) is 14.4. The highest BCUT2D eigenvalue weighted by Crippen LogP contribution is 2.39. The summed E-state index contributed by atoms with van der Waals surface area (Å²) in [4.78, 5) is 35.2. The fourth-order valence-electron chi connectivity index (χ4n) is 2.52. The first-order valence-corrected chi connectivity index (χ1v) is 8.37. The van der Waals surface area contributed by atoms with Crippen molar-refractivity contribution in [2.24, 2.45) is 11.6 Å². The van der Waals surface area contributed by atoms with Crippen LogP contribution in [0.25, 0.3) is 0 Å². The number of aromatic nitrogens is 3. The van der Waals surface area contributed by atoms with Crippen molar-refractivity contribution in [1.82, 2.24) is 15.0 Å². The molecule has 2 heterocycles. The standard InChI is InChI=1S/C17H21N7O2/c1-10(5-7-25)24(19)14-9-21-15(16(18)26)17(23-14)22-12-4-6-20-13(8-12)11-2-3-11/h4,6-11H,2-3,5,19H2,1H3,(H2,18,26)(H,20,22,23). The van der Waals surface area contributed by atoms with E-state index in [1.54, 1.807) is 19.2 Å². The summed E-state index contributed by atoms with van der Waals surface area (Å²) < 4.78 is 0. The van der Waals surface area contributed by atoms with Crippen molar-refractivity contribution in [1.29, 1.82) is 0 Å². The topological polar surface area (TPSA) is 140 Å². The Hall–Kier alpha value is -3.07. The Bertz CT molecular complexity index is 823. The van der Waals surface area contributed by atoms with Crippen molar-refractivity contribution in [2.45, 2.75) is 38.1 Å². The minimum Gasteiger partial charge on any atom is -0.364 e. The van der Waals surface area contributed by atoms with Gasteiger partial charge in [0.2, 0.25) is 0 Å². The maximum absolute atomic E-state index is 11.7. The molecule has 136 valence electrons. The summed E-state index contributed by atoms with van der Waals surface area (Å²) in [5, 5.41) is 4.41. The Morgan fingerprint density at radius 2 is 2.23 bits per heavy atom. The van der Waals surface area contributed by atoms with Gasteiger partial charge in [0.15, 0.2) is 17.3 Å². The predicted molar refractivity (Wildman–Crippen MR) is 96.9 cm³/mol. The summed E-state index contributed by atoms with van der Waals surface area (Å²) >= 11 is 0. The number of nitrogens with one attached hydrogen (secondary N) is 1. The van der Waals surface area contributed by atoms with E-state index in [1.807, 2.05) is 6.07 Å². The molecule has 0 saturated heterocycles. The van der Waals surface area contributed by atoms with Crippen LogP contribution in [0.3, 0.4) is 0 Å². The fraction of sp³-hybridized carbons (Fsp3) is 0.353. The molecule has 9 heteroatoms. The lowest BCUT2D eigenvalue weighted by atomic mass is 10.2. The van der Waals surface area contributed by atoms with Crippen LogP contribution < -0.4 is 21.9 Å². The lowest BCUT2D eigenvalue weighted by molar-refractivity contribution is -0.108. The van der Waals surface area contributed by atoms with E-state index in [0.717, 1.165) is 30.5 Å². The van der Waals surface area contributed by atoms with Gasteiger partial charge >= 0.3 is 0 Å². The summed E-state index contributed by atoms with van der Waals surface area (Å²) in [6.07, 6.45) is 6.36. The number of hydrogen-bond acceptors (Lipinski definition) is 8. The van der Waals surface area contributed by atoms with Crippen molar-refractivity contribution in [3.63, 3.8) is 0 Å². The van der Waals surface area contributed by atoms with Crippen LogP contribution in [-0.4, -0.2) is 33.2 Å². The molecule has 9 nitrogen and oxygen atoms in total. The molecule has 5 N–H and O–H groups in total. The number of hydrogen-bond donors (Lipinski definition) is 3. The number of amides is 1. The van der Waals surface area contributed by atoms with Crippen LogP contribution in [0.15, 0.2) is 24.5 Å². The van der Waals surface area contributed by atoms with Crippen LogP contribution in [0, 0.1) is 0 Å². The molecule has 1 aliphatic carbocycles.